The summed E-state index contributed by atoms with van der Waals surface area (Å²) in [5.74, 6) is -0.274. The SMILES string of the molecule is CC(C)CNS(=O)(=O)c1cc2c(c3cnc(C4CC4)cc13)[C@@H](NC(=O)c1ccc3nccnc3c1)C[C@@H]2NC(=O)c1cccnc1. The van der Waals surface area contributed by atoms with Crippen LogP contribution in [0.25, 0.3) is 21.8 Å². The van der Waals surface area contributed by atoms with Gasteiger partial charge in [0.25, 0.3) is 11.8 Å². The molecule has 2 aromatic carbocycles. The Labute approximate surface area is 266 Å². The quantitative estimate of drug-likeness (QED) is 0.210. The summed E-state index contributed by atoms with van der Waals surface area (Å²) in [5, 5.41) is 7.40. The minimum Gasteiger partial charge on any atom is -0.345 e. The predicted molar refractivity (Wildman–Crippen MR) is 173 cm³/mol. The molecule has 46 heavy (non-hydrogen) atoms. The van der Waals surface area contributed by atoms with Crippen LogP contribution >= 0.6 is 0 Å². The first-order valence-electron chi connectivity index (χ1n) is 15.4. The van der Waals surface area contributed by atoms with Gasteiger partial charge in [-0.15, -0.1) is 0 Å². The molecule has 0 bridgehead atoms. The van der Waals surface area contributed by atoms with Gasteiger partial charge in [-0.25, -0.2) is 13.1 Å². The molecule has 3 heterocycles. The van der Waals surface area contributed by atoms with Crippen molar-refractivity contribution in [1.29, 1.82) is 0 Å². The molecule has 0 radical (unpaired) electrons. The van der Waals surface area contributed by atoms with Crippen molar-refractivity contribution >= 4 is 43.6 Å². The lowest BCUT2D eigenvalue weighted by molar-refractivity contribution is 0.0928. The van der Waals surface area contributed by atoms with E-state index in [1.165, 1.54) is 6.20 Å². The topological polar surface area (TPSA) is 156 Å². The van der Waals surface area contributed by atoms with Crippen LogP contribution in [0.15, 0.2) is 78.3 Å². The molecule has 1 saturated carbocycles. The Bertz CT molecular complexity index is 2100. The van der Waals surface area contributed by atoms with Crippen LogP contribution in [0.5, 0.6) is 0 Å². The summed E-state index contributed by atoms with van der Waals surface area (Å²) in [5.41, 5.74) is 4.25. The molecule has 234 valence electrons. The number of amides is 2. The van der Waals surface area contributed by atoms with Crippen molar-refractivity contribution in [3.63, 3.8) is 0 Å². The molecule has 3 aromatic heterocycles. The number of sulfonamides is 1. The summed E-state index contributed by atoms with van der Waals surface area (Å²) >= 11 is 0. The van der Waals surface area contributed by atoms with Crippen LogP contribution in [-0.2, 0) is 10.0 Å². The molecule has 1 fully saturated rings. The molecule has 0 saturated heterocycles. The van der Waals surface area contributed by atoms with E-state index in [9.17, 15) is 18.0 Å². The zero-order valence-electron chi connectivity index (χ0n) is 25.4. The van der Waals surface area contributed by atoms with Crippen molar-refractivity contribution in [2.24, 2.45) is 5.92 Å². The molecule has 2 aliphatic rings. The standard InChI is InChI=1S/C34H33N7O4S/c1-19(2)16-39-46(44,45)31-14-24-28(40-34(43)22-4-3-9-35-17-22)15-30(32(24)25-18-38-27(13-23(25)31)20-5-6-20)41-33(42)21-7-8-26-29(12-21)37-11-10-36-26/h3-4,7-14,17-20,28,30,39H,5-6,15-16H2,1-2H3,(H,40,43)(H,41,42)/t28-,30-/m0/s1. The molecule has 3 N–H and O–H groups in total. The lowest BCUT2D eigenvalue weighted by Crippen LogP contribution is -2.30. The third-order valence-electron chi connectivity index (χ3n) is 8.51. The maximum absolute atomic E-state index is 13.8. The van der Waals surface area contributed by atoms with Gasteiger partial charge in [0, 0.05) is 65.5 Å². The van der Waals surface area contributed by atoms with Gasteiger partial charge in [0.2, 0.25) is 10.0 Å². The number of hydrogen-bond acceptors (Lipinski definition) is 8. The van der Waals surface area contributed by atoms with E-state index in [2.05, 4.69) is 30.3 Å². The van der Waals surface area contributed by atoms with E-state index >= 15 is 0 Å². The van der Waals surface area contributed by atoms with E-state index in [1.54, 1.807) is 61.2 Å². The van der Waals surface area contributed by atoms with Crippen LogP contribution in [0.2, 0.25) is 0 Å². The zero-order chi connectivity index (χ0) is 32.0. The average molecular weight is 636 g/mol. The normalized spacial score (nSPS) is 17.7. The van der Waals surface area contributed by atoms with Crippen molar-refractivity contribution < 1.29 is 18.0 Å². The van der Waals surface area contributed by atoms with Crippen molar-refractivity contribution in [3.8, 4) is 0 Å². The highest BCUT2D eigenvalue weighted by Crippen LogP contribution is 2.47. The van der Waals surface area contributed by atoms with Crippen LogP contribution in [0.3, 0.4) is 0 Å². The fraction of sp³-hybridized carbons (Fsp3) is 0.294. The molecule has 2 aliphatic carbocycles. The van der Waals surface area contributed by atoms with Crippen LogP contribution < -0.4 is 15.4 Å². The fourth-order valence-electron chi connectivity index (χ4n) is 6.03. The van der Waals surface area contributed by atoms with Gasteiger partial charge < -0.3 is 10.6 Å². The molecule has 0 spiro atoms. The monoisotopic (exact) mass is 635 g/mol. The highest BCUT2D eigenvalue weighted by atomic mass is 32.2. The van der Waals surface area contributed by atoms with E-state index < -0.39 is 22.1 Å². The molecule has 7 rings (SSSR count). The fourth-order valence-corrected chi connectivity index (χ4v) is 7.48. The number of rotatable bonds is 9. The van der Waals surface area contributed by atoms with Crippen molar-refractivity contribution in [2.45, 2.75) is 56.0 Å². The van der Waals surface area contributed by atoms with Crippen molar-refractivity contribution in [3.05, 3.63) is 101 Å². The molecule has 0 unspecified atom stereocenters. The Morgan fingerprint density at radius 1 is 0.848 bits per heavy atom. The molecule has 11 nitrogen and oxygen atoms in total. The molecular formula is C34H33N7O4S. The van der Waals surface area contributed by atoms with Gasteiger partial charge in [-0.3, -0.25) is 29.5 Å². The Morgan fingerprint density at radius 2 is 1.61 bits per heavy atom. The zero-order valence-corrected chi connectivity index (χ0v) is 26.2. The van der Waals surface area contributed by atoms with Gasteiger partial charge in [0.1, 0.15) is 0 Å². The molecule has 0 aliphatic heterocycles. The van der Waals surface area contributed by atoms with Gasteiger partial charge in [-0.05, 0) is 78.8 Å². The van der Waals surface area contributed by atoms with Crippen LogP contribution in [0, 0.1) is 5.92 Å². The van der Waals surface area contributed by atoms with Crippen molar-refractivity contribution in [2.75, 3.05) is 6.54 Å². The summed E-state index contributed by atoms with van der Waals surface area (Å²) in [7, 11) is -3.93. The third-order valence-corrected chi connectivity index (χ3v) is 9.97. The van der Waals surface area contributed by atoms with Crippen LogP contribution in [-0.4, -0.2) is 46.7 Å². The summed E-state index contributed by atoms with van der Waals surface area (Å²) in [6, 6.07) is 10.9. The van der Waals surface area contributed by atoms with E-state index in [4.69, 9.17) is 4.98 Å². The first-order valence-corrected chi connectivity index (χ1v) is 16.8. The number of carbonyl (C=O) groups excluding carboxylic acids is 2. The second-order valence-corrected chi connectivity index (χ2v) is 14.1. The maximum atomic E-state index is 13.8. The van der Waals surface area contributed by atoms with E-state index in [0.717, 1.165) is 24.1 Å². The highest BCUT2D eigenvalue weighted by Gasteiger charge is 2.38. The van der Waals surface area contributed by atoms with Gasteiger partial charge >= 0.3 is 0 Å². The van der Waals surface area contributed by atoms with E-state index in [0.29, 0.717) is 50.8 Å². The Balaban J connectivity index is 1.34. The molecule has 2 atom stereocenters. The summed E-state index contributed by atoms with van der Waals surface area (Å²) in [6.07, 6.45) is 10.3. The smallest absolute Gasteiger partial charge is 0.253 e. The largest absolute Gasteiger partial charge is 0.345 e. The maximum Gasteiger partial charge on any atom is 0.253 e. The van der Waals surface area contributed by atoms with E-state index in [-0.39, 0.29) is 29.2 Å². The minimum absolute atomic E-state index is 0.103. The number of hydrogen-bond donors (Lipinski definition) is 3. The van der Waals surface area contributed by atoms with Crippen molar-refractivity contribution in [1.82, 2.24) is 35.3 Å². The lowest BCUT2D eigenvalue weighted by atomic mass is 9.98. The number of benzene rings is 2. The number of aromatic nitrogens is 4. The van der Waals surface area contributed by atoms with Gasteiger partial charge in [0.15, 0.2) is 0 Å². The van der Waals surface area contributed by atoms with Crippen LogP contribution in [0.1, 0.15) is 88.6 Å². The second kappa shape index (κ2) is 11.8. The number of carbonyl (C=O) groups is 2. The molecule has 12 heteroatoms. The predicted octanol–water partition coefficient (Wildman–Crippen LogP) is 4.73. The van der Waals surface area contributed by atoms with Crippen LogP contribution in [0.4, 0.5) is 0 Å². The number of nitrogens with one attached hydrogen (secondary N) is 3. The summed E-state index contributed by atoms with van der Waals surface area (Å²) < 4.78 is 30.4. The summed E-state index contributed by atoms with van der Waals surface area (Å²) in [6.45, 7) is 4.16. The highest BCUT2D eigenvalue weighted by molar-refractivity contribution is 7.89. The molecule has 2 amide bonds. The van der Waals surface area contributed by atoms with Gasteiger partial charge in [0.05, 0.1) is 33.6 Å². The third kappa shape index (κ3) is 5.81. The first kappa shape index (κ1) is 29.9. The minimum atomic E-state index is -3.93. The Hall–Kier alpha value is -4.81. The lowest BCUT2D eigenvalue weighted by Gasteiger charge is -2.19. The summed E-state index contributed by atoms with van der Waals surface area (Å²) in [4.78, 5) is 44.6. The Kier molecular flexibility index (Phi) is 7.69. The number of pyridine rings is 2. The molecule has 5 aromatic rings. The van der Waals surface area contributed by atoms with E-state index in [1.807, 2.05) is 19.9 Å². The first-order chi connectivity index (χ1) is 22.2. The number of nitrogens with zero attached hydrogens (tertiary/aromatic N) is 4. The molecular weight excluding hydrogens is 602 g/mol. The van der Waals surface area contributed by atoms with Gasteiger partial charge in [-0.1, -0.05) is 13.8 Å². The Morgan fingerprint density at radius 3 is 2.35 bits per heavy atom. The second-order valence-electron chi connectivity index (χ2n) is 12.3. The average Bonchev–Trinajstić information content (AvgIpc) is 3.86. The number of fused-ring (bicyclic) bond motifs is 4. The van der Waals surface area contributed by atoms with Gasteiger partial charge in [-0.2, -0.15) is 0 Å².